The molecule has 0 radical (unpaired) electrons. The highest BCUT2D eigenvalue weighted by Gasteiger charge is 2.21. The zero-order chi connectivity index (χ0) is 19.9. The van der Waals surface area contributed by atoms with Crippen LogP contribution in [-0.2, 0) is 4.79 Å². The Kier molecular flexibility index (Phi) is 6.53. The Morgan fingerprint density at radius 1 is 0.929 bits per heavy atom. The molecule has 28 heavy (non-hydrogen) atoms. The molecule has 0 unspecified atom stereocenters. The number of ether oxygens (including phenoxy) is 2. The Hall–Kier alpha value is -3.02. The summed E-state index contributed by atoms with van der Waals surface area (Å²) in [5, 5.41) is 5.79. The lowest BCUT2D eigenvalue weighted by atomic mass is 9.88. The van der Waals surface area contributed by atoms with Crippen LogP contribution in [0.1, 0.15) is 42.5 Å². The molecule has 1 aliphatic carbocycles. The van der Waals surface area contributed by atoms with Gasteiger partial charge in [0.15, 0.2) is 0 Å². The van der Waals surface area contributed by atoms with Gasteiger partial charge in [-0.3, -0.25) is 9.59 Å². The van der Waals surface area contributed by atoms with Gasteiger partial charge in [-0.25, -0.2) is 0 Å². The minimum atomic E-state index is -0.291. The minimum absolute atomic E-state index is 0.0340. The molecule has 6 heteroatoms. The van der Waals surface area contributed by atoms with Gasteiger partial charge in [0.2, 0.25) is 5.91 Å². The molecule has 1 fully saturated rings. The van der Waals surface area contributed by atoms with Crippen LogP contribution in [0.3, 0.4) is 0 Å². The maximum absolute atomic E-state index is 12.7. The highest BCUT2D eigenvalue weighted by Crippen LogP contribution is 2.29. The highest BCUT2D eigenvalue weighted by atomic mass is 16.5. The molecule has 0 aliphatic heterocycles. The van der Waals surface area contributed by atoms with Gasteiger partial charge < -0.3 is 20.1 Å². The van der Waals surface area contributed by atoms with Crippen LogP contribution in [0.4, 0.5) is 11.4 Å². The second kappa shape index (κ2) is 9.26. The fourth-order valence-corrected chi connectivity index (χ4v) is 3.45. The third-order valence-electron chi connectivity index (χ3n) is 5.02. The van der Waals surface area contributed by atoms with Crippen molar-refractivity contribution in [2.24, 2.45) is 5.92 Å². The predicted molar refractivity (Wildman–Crippen MR) is 109 cm³/mol. The average Bonchev–Trinajstić information content (AvgIpc) is 2.74. The first-order valence-corrected chi connectivity index (χ1v) is 9.55. The summed E-state index contributed by atoms with van der Waals surface area (Å²) in [6.45, 7) is 0. The van der Waals surface area contributed by atoms with E-state index in [2.05, 4.69) is 10.6 Å². The maximum atomic E-state index is 12.7. The predicted octanol–water partition coefficient (Wildman–Crippen LogP) is 4.47. The van der Waals surface area contributed by atoms with Crippen molar-refractivity contribution in [1.82, 2.24) is 0 Å². The van der Waals surface area contributed by atoms with Gasteiger partial charge in [-0.15, -0.1) is 0 Å². The Balaban J connectivity index is 1.71. The molecule has 2 amide bonds. The van der Waals surface area contributed by atoms with Crippen LogP contribution >= 0.6 is 0 Å². The number of methoxy groups -OCH3 is 2. The van der Waals surface area contributed by atoms with Crippen molar-refractivity contribution in [3.05, 3.63) is 48.0 Å². The van der Waals surface area contributed by atoms with Crippen LogP contribution in [0, 0.1) is 5.92 Å². The Morgan fingerprint density at radius 2 is 1.71 bits per heavy atom. The average molecular weight is 382 g/mol. The highest BCUT2D eigenvalue weighted by molar-refractivity contribution is 6.06. The molecular weight excluding hydrogens is 356 g/mol. The van der Waals surface area contributed by atoms with E-state index in [0.717, 1.165) is 25.7 Å². The van der Waals surface area contributed by atoms with E-state index < -0.39 is 0 Å². The lowest BCUT2D eigenvalue weighted by Crippen LogP contribution is -2.24. The van der Waals surface area contributed by atoms with Gasteiger partial charge in [-0.1, -0.05) is 25.3 Å². The molecule has 0 aromatic heterocycles. The molecule has 2 aromatic rings. The van der Waals surface area contributed by atoms with Crippen molar-refractivity contribution in [3.8, 4) is 11.5 Å². The SMILES string of the molecule is COc1ccc(OC)c(NC(=O)c2cccc(NC(=O)C3CCCCC3)c2)c1. The molecule has 0 saturated heterocycles. The molecule has 2 aromatic carbocycles. The first-order valence-electron chi connectivity index (χ1n) is 9.55. The van der Waals surface area contributed by atoms with E-state index >= 15 is 0 Å². The third-order valence-corrected chi connectivity index (χ3v) is 5.02. The summed E-state index contributed by atoms with van der Waals surface area (Å²) in [5.74, 6) is 0.958. The van der Waals surface area contributed by atoms with Crippen molar-refractivity contribution in [1.29, 1.82) is 0 Å². The summed E-state index contributed by atoms with van der Waals surface area (Å²) >= 11 is 0. The zero-order valence-corrected chi connectivity index (χ0v) is 16.3. The quantitative estimate of drug-likeness (QED) is 0.772. The Labute approximate surface area is 165 Å². The number of nitrogens with one attached hydrogen (secondary N) is 2. The molecule has 2 N–H and O–H groups in total. The normalized spacial score (nSPS) is 14.2. The second-order valence-electron chi connectivity index (χ2n) is 6.93. The van der Waals surface area contributed by atoms with Gasteiger partial charge in [0.25, 0.3) is 5.91 Å². The van der Waals surface area contributed by atoms with E-state index in [1.165, 1.54) is 6.42 Å². The maximum Gasteiger partial charge on any atom is 0.255 e. The number of carbonyl (C=O) groups is 2. The number of hydrogen-bond acceptors (Lipinski definition) is 4. The van der Waals surface area contributed by atoms with Crippen molar-refractivity contribution < 1.29 is 19.1 Å². The smallest absolute Gasteiger partial charge is 0.255 e. The zero-order valence-electron chi connectivity index (χ0n) is 16.3. The largest absolute Gasteiger partial charge is 0.497 e. The fourth-order valence-electron chi connectivity index (χ4n) is 3.45. The third kappa shape index (κ3) is 4.82. The van der Waals surface area contributed by atoms with Gasteiger partial charge in [0.1, 0.15) is 11.5 Å². The molecule has 0 atom stereocenters. The lowest BCUT2D eigenvalue weighted by molar-refractivity contribution is -0.120. The summed E-state index contributed by atoms with van der Waals surface area (Å²) in [4.78, 5) is 25.2. The van der Waals surface area contributed by atoms with Crippen LogP contribution in [0.25, 0.3) is 0 Å². The van der Waals surface area contributed by atoms with Crippen molar-refractivity contribution in [2.45, 2.75) is 32.1 Å². The lowest BCUT2D eigenvalue weighted by Gasteiger charge is -2.20. The molecule has 0 spiro atoms. The van der Waals surface area contributed by atoms with E-state index in [4.69, 9.17) is 9.47 Å². The number of carbonyl (C=O) groups excluding carboxylic acids is 2. The summed E-state index contributed by atoms with van der Waals surface area (Å²) < 4.78 is 10.5. The van der Waals surface area contributed by atoms with Crippen LogP contribution in [0.5, 0.6) is 11.5 Å². The first kappa shape index (κ1) is 19.7. The first-order chi connectivity index (χ1) is 13.6. The summed E-state index contributed by atoms with van der Waals surface area (Å²) in [7, 11) is 3.10. The number of benzene rings is 2. The van der Waals surface area contributed by atoms with E-state index in [-0.39, 0.29) is 17.7 Å². The van der Waals surface area contributed by atoms with Crippen LogP contribution in [0.15, 0.2) is 42.5 Å². The molecule has 3 rings (SSSR count). The van der Waals surface area contributed by atoms with E-state index in [1.54, 1.807) is 56.7 Å². The topological polar surface area (TPSA) is 76.7 Å². The molecule has 0 heterocycles. The molecule has 1 saturated carbocycles. The summed E-state index contributed by atoms with van der Waals surface area (Å²) in [6, 6.07) is 12.1. The van der Waals surface area contributed by atoms with Gasteiger partial charge >= 0.3 is 0 Å². The second-order valence-corrected chi connectivity index (χ2v) is 6.93. The summed E-state index contributed by atoms with van der Waals surface area (Å²) in [5.41, 5.74) is 1.59. The van der Waals surface area contributed by atoms with Crippen molar-refractivity contribution in [3.63, 3.8) is 0 Å². The van der Waals surface area contributed by atoms with Crippen molar-refractivity contribution >= 4 is 23.2 Å². The monoisotopic (exact) mass is 382 g/mol. The van der Waals surface area contributed by atoms with E-state index in [9.17, 15) is 9.59 Å². The van der Waals surface area contributed by atoms with Gasteiger partial charge in [-0.2, -0.15) is 0 Å². The van der Waals surface area contributed by atoms with Gasteiger partial charge in [-0.05, 0) is 43.2 Å². The van der Waals surface area contributed by atoms with E-state index in [1.807, 2.05) is 0 Å². The van der Waals surface area contributed by atoms with Crippen LogP contribution < -0.4 is 20.1 Å². The number of hydrogen-bond donors (Lipinski definition) is 2. The summed E-state index contributed by atoms with van der Waals surface area (Å²) in [6.07, 6.45) is 5.27. The van der Waals surface area contributed by atoms with Gasteiger partial charge in [0, 0.05) is 23.2 Å². The Morgan fingerprint density at radius 3 is 2.43 bits per heavy atom. The molecule has 0 bridgehead atoms. The number of amides is 2. The minimum Gasteiger partial charge on any atom is -0.497 e. The molecule has 6 nitrogen and oxygen atoms in total. The standard InChI is InChI=1S/C22H26N2O4/c1-27-18-11-12-20(28-2)19(14-18)24-22(26)16-9-6-10-17(13-16)23-21(25)15-7-4-3-5-8-15/h6,9-15H,3-5,7-8H2,1-2H3,(H,23,25)(H,24,26). The van der Waals surface area contributed by atoms with Crippen LogP contribution in [0.2, 0.25) is 0 Å². The fraction of sp³-hybridized carbons (Fsp3) is 0.364. The van der Waals surface area contributed by atoms with Crippen LogP contribution in [-0.4, -0.2) is 26.0 Å². The molecule has 1 aliphatic rings. The Bertz CT molecular complexity index is 844. The number of anilines is 2. The molecule has 148 valence electrons. The molecular formula is C22H26N2O4. The van der Waals surface area contributed by atoms with Gasteiger partial charge in [0.05, 0.1) is 19.9 Å². The van der Waals surface area contributed by atoms with E-state index in [0.29, 0.717) is 28.4 Å². The van der Waals surface area contributed by atoms with Crippen molar-refractivity contribution in [2.75, 3.05) is 24.9 Å². The number of rotatable bonds is 6.